The van der Waals surface area contributed by atoms with Crippen LogP contribution in [0.4, 0.5) is 0 Å². The Morgan fingerprint density at radius 3 is 2.00 bits per heavy atom. The van der Waals surface area contributed by atoms with Crippen molar-refractivity contribution in [1.82, 2.24) is 0 Å². The van der Waals surface area contributed by atoms with Crippen LogP contribution in [-0.2, 0) is 11.2 Å². The third-order valence-electron chi connectivity index (χ3n) is 6.90. The molecule has 0 saturated heterocycles. The van der Waals surface area contributed by atoms with Gasteiger partial charge in [-0.3, -0.25) is 9.59 Å². The summed E-state index contributed by atoms with van der Waals surface area (Å²) >= 11 is 0. The van der Waals surface area contributed by atoms with Gasteiger partial charge in [0.05, 0.1) is 5.92 Å². The van der Waals surface area contributed by atoms with E-state index < -0.39 is 5.97 Å². The summed E-state index contributed by atoms with van der Waals surface area (Å²) in [4.78, 5) is 23.5. The minimum Gasteiger partial charge on any atom is -0.481 e. The number of rotatable bonds is 5. The molecule has 1 N–H and O–H groups in total. The number of aliphatic carboxylic acids is 1. The first-order valence-electron chi connectivity index (χ1n) is 9.34. The molecule has 5 rings (SSSR count). The molecular formula is C21H26O3. The van der Waals surface area contributed by atoms with Crippen LogP contribution in [0.15, 0.2) is 24.3 Å². The Hall–Kier alpha value is -1.64. The summed E-state index contributed by atoms with van der Waals surface area (Å²) in [6.07, 6.45) is 7.01. The van der Waals surface area contributed by atoms with E-state index >= 15 is 0 Å². The van der Waals surface area contributed by atoms with Crippen LogP contribution < -0.4 is 0 Å². The molecule has 1 aromatic carbocycles. The highest BCUT2D eigenvalue weighted by Gasteiger charge is 2.51. The summed E-state index contributed by atoms with van der Waals surface area (Å²) in [5.41, 5.74) is 1.74. The standard InChI is InChI=1S/C21H26O3/c1-12(22)16-4-2-13(3-5-16)11-19(21(23)24)20-17-7-14-6-15(9-17)10-18(20)8-14/h2-5,14-15,17-20H,6-11H2,1H3,(H,23,24). The minimum absolute atomic E-state index is 0.0531. The number of hydrogen-bond donors (Lipinski definition) is 1. The molecule has 4 fully saturated rings. The number of Topliss-reactive ketones (excluding diaryl/α,β-unsaturated/α-hetero) is 1. The fraction of sp³-hybridized carbons (Fsp3) is 0.619. The Balaban J connectivity index is 1.54. The summed E-state index contributed by atoms with van der Waals surface area (Å²) in [5, 5.41) is 9.91. The van der Waals surface area contributed by atoms with Gasteiger partial charge in [-0.15, -0.1) is 0 Å². The smallest absolute Gasteiger partial charge is 0.307 e. The number of ketones is 1. The molecule has 0 aliphatic heterocycles. The SMILES string of the molecule is CC(=O)c1ccc(CC(C(=O)O)C2C3CC4CC(C3)CC2C4)cc1. The second-order valence-corrected chi connectivity index (χ2v) is 8.41. The van der Waals surface area contributed by atoms with Crippen molar-refractivity contribution >= 4 is 11.8 Å². The average molecular weight is 326 g/mol. The fourth-order valence-electron chi connectivity index (χ4n) is 6.14. The summed E-state index contributed by atoms with van der Waals surface area (Å²) in [6.45, 7) is 1.56. The predicted octanol–water partition coefficient (Wildman–Crippen LogP) is 4.20. The van der Waals surface area contributed by atoms with Crippen LogP contribution in [0.5, 0.6) is 0 Å². The lowest BCUT2D eigenvalue weighted by molar-refractivity contribution is -0.151. The third-order valence-corrected chi connectivity index (χ3v) is 6.90. The Bertz CT molecular complexity index is 618. The summed E-state index contributed by atoms with van der Waals surface area (Å²) in [5.74, 6) is 2.48. The molecule has 1 aromatic rings. The van der Waals surface area contributed by atoms with Crippen LogP contribution in [0, 0.1) is 35.5 Å². The van der Waals surface area contributed by atoms with E-state index in [4.69, 9.17) is 0 Å². The number of carbonyl (C=O) groups excluding carboxylic acids is 1. The molecule has 1 atom stereocenters. The number of hydrogen-bond acceptors (Lipinski definition) is 2. The quantitative estimate of drug-likeness (QED) is 0.825. The molecule has 3 heteroatoms. The molecule has 1 unspecified atom stereocenters. The fourth-order valence-corrected chi connectivity index (χ4v) is 6.14. The van der Waals surface area contributed by atoms with Crippen LogP contribution in [0.3, 0.4) is 0 Å². The Kier molecular flexibility index (Phi) is 3.98. The number of benzene rings is 1. The second-order valence-electron chi connectivity index (χ2n) is 8.41. The van der Waals surface area contributed by atoms with Crippen molar-refractivity contribution in [2.24, 2.45) is 35.5 Å². The van der Waals surface area contributed by atoms with E-state index in [1.54, 1.807) is 6.92 Å². The lowest BCUT2D eigenvalue weighted by Crippen LogP contribution is -2.49. The zero-order valence-electron chi connectivity index (χ0n) is 14.3. The van der Waals surface area contributed by atoms with Gasteiger partial charge in [0.15, 0.2) is 5.78 Å². The third kappa shape index (κ3) is 2.78. The first kappa shape index (κ1) is 15.9. The van der Waals surface area contributed by atoms with Gasteiger partial charge in [-0.25, -0.2) is 0 Å². The summed E-state index contributed by atoms with van der Waals surface area (Å²) in [7, 11) is 0. The molecule has 0 spiro atoms. The molecule has 0 amide bonds. The monoisotopic (exact) mass is 326 g/mol. The predicted molar refractivity (Wildman–Crippen MR) is 91.8 cm³/mol. The van der Waals surface area contributed by atoms with Gasteiger partial charge in [-0.1, -0.05) is 24.3 Å². The van der Waals surface area contributed by atoms with Crippen LogP contribution in [0.1, 0.15) is 54.9 Å². The summed E-state index contributed by atoms with van der Waals surface area (Å²) in [6, 6.07) is 7.52. The summed E-state index contributed by atoms with van der Waals surface area (Å²) < 4.78 is 0. The molecule has 24 heavy (non-hydrogen) atoms. The van der Waals surface area contributed by atoms with E-state index in [-0.39, 0.29) is 11.7 Å². The molecule has 4 bridgehead atoms. The average Bonchev–Trinajstić information content (AvgIpc) is 2.53. The van der Waals surface area contributed by atoms with E-state index in [9.17, 15) is 14.7 Å². The second kappa shape index (κ2) is 6.02. The van der Waals surface area contributed by atoms with Crippen molar-refractivity contribution in [2.45, 2.75) is 45.4 Å². The van der Waals surface area contributed by atoms with E-state index in [1.807, 2.05) is 24.3 Å². The Morgan fingerprint density at radius 2 is 1.54 bits per heavy atom. The minimum atomic E-state index is -0.636. The maximum Gasteiger partial charge on any atom is 0.307 e. The highest BCUT2D eigenvalue weighted by Crippen LogP contribution is 2.58. The Morgan fingerprint density at radius 1 is 1.00 bits per heavy atom. The van der Waals surface area contributed by atoms with Crippen molar-refractivity contribution < 1.29 is 14.7 Å². The van der Waals surface area contributed by atoms with Gasteiger partial charge >= 0.3 is 5.97 Å². The van der Waals surface area contributed by atoms with Gasteiger partial charge in [0, 0.05) is 5.56 Å². The van der Waals surface area contributed by atoms with E-state index in [2.05, 4.69) is 0 Å². The number of carbonyl (C=O) groups is 2. The van der Waals surface area contributed by atoms with Crippen molar-refractivity contribution in [3.05, 3.63) is 35.4 Å². The zero-order chi connectivity index (χ0) is 16.8. The van der Waals surface area contributed by atoms with E-state index in [0.717, 1.165) is 17.4 Å². The molecular weight excluding hydrogens is 300 g/mol. The van der Waals surface area contributed by atoms with Gasteiger partial charge in [-0.2, -0.15) is 0 Å². The van der Waals surface area contributed by atoms with E-state index in [1.165, 1.54) is 32.1 Å². The van der Waals surface area contributed by atoms with Crippen molar-refractivity contribution in [3.8, 4) is 0 Å². The lowest BCUT2D eigenvalue weighted by atomic mass is 9.49. The number of carboxylic acid groups (broad SMARTS) is 1. The molecule has 4 saturated carbocycles. The van der Waals surface area contributed by atoms with Gasteiger partial charge in [0.25, 0.3) is 0 Å². The maximum absolute atomic E-state index is 12.0. The van der Waals surface area contributed by atoms with Gasteiger partial charge in [0.2, 0.25) is 0 Å². The van der Waals surface area contributed by atoms with Crippen molar-refractivity contribution in [2.75, 3.05) is 0 Å². The first-order chi connectivity index (χ1) is 11.5. The maximum atomic E-state index is 12.0. The largest absolute Gasteiger partial charge is 0.481 e. The van der Waals surface area contributed by atoms with Crippen LogP contribution in [0.25, 0.3) is 0 Å². The van der Waals surface area contributed by atoms with E-state index in [0.29, 0.717) is 29.7 Å². The number of carboxylic acids is 1. The Labute approximate surface area is 143 Å². The topological polar surface area (TPSA) is 54.4 Å². The van der Waals surface area contributed by atoms with Crippen molar-refractivity contribution in [1.29, 1.82) is 0 Å². The molecule has 0 radical (unpaired) electrons. The molecule has 4 aliphatic rings. The molecule has 4 aliphatic carbocycles. The van der Waals surface area contributed by atoms with Gasteiger partial charge < -0.3 is 5.11 Å². The molecule has 0 heterocycles. The van der Waals surface area contributed by atoms with Gasteiger partial charge in [0.1, 0.15) is 0 Å². The normalized spacial score (nSPS) is 35.0. The van der Waals surface area contributed by atoms with Gasteiger partial charge in [-0.05, 0) is 80.6 Å². The first-order valence-corrected chi connectivity index (χ1v) is 9.34. The molecule has 3 nitrogen and oxygen atoms in total. The zero-order valence-corrected chi connectivity index (χ0v) is 14.3. The van der Waals surface area contributed by atoms with Crippen LogP contribution in [0.2, 0.25) is 0 Å². The van der Waals surface area contributed by atoms with Crippen LogP contribution >= 0.6 is 0 Å². The highest BCUT2D eigenvalue weighted by molar-refractivity contribution is 5.94. The highest BCUT2D eigenvalue weighted by atomic mass is 16.4. The van der Waals surface area contributed by atoms with Crippen molar-refractivity contribution in [3.63, 3.8) is 0 Å². The molecule has 0 aromatic heterocycles. The van der Waals surface area contributed by atoms with Crippen LogP contribution in [-0.4, -0.2) is 16.9 Å². The molecule has 128 valence electrons. The lowest BCUT2D eigenvalue weighted by Gasteiger charge is -2.56.